The summed E-state index contributed by atoms with van der Waals surface area (Å²) in [5.74, 6) is 0. The molecule has 28 heavy (non-hydrogen) atoms. The molecule has 1 aromatic carbocycles. The van der Waals surface area contributed by atoms with Gasteiger partial charge in [-0.15, -0.1) is 0 Å². The van der Waals surface area contributed by atoms with Gasteiger partial charge in [0.05, 0.1) is 6.20 Å². The number of nitrogens with one attached hydrogen (secondary N) is 2. The van der Waals surface area contributed by atoms with Crippen molar-refractivity contribution in [1.82, 2.24) is 10.6 Å². The monoisotopic (exact) mass is 384 g/mol. The molecule has 1 aliphatic heterocycles. The highest BCUT2D eigenvalue weighted by Gasteiger charge is 2.26. The van der Waals surface area contributed by atoms with Crippen LogP contribution in [0.2, 0.25) is 0 Å². The molecule has 0 unspecified atom stereocenters. The van der Waals surface area contributed by atoms with Gasteiger partial charge >= 0.3 is 6.09 Å². The Morgan fingerprint density at radius 2 is 2.07 bits per heavy atom. The lowest BCUT2D eigenvalue weighted by atomic mass is 9.79. The maximum absolute atomic E-state index is 11.9. The van der Waals surface area contributed by atoms with Crippen LogP contribution in [0.3, 0.4) is 0 Å². The maximum Gasteiger partial charge on any atom is 0.407 e. The summed E-state index contributed by atoms with van der Waals surface area (Å²) >= 11 is 0. The number of rotatable bonds is 4. The van der Waals surface area contributed by atoms with E-state index in [1.807, 2.05) is 34.0 Å². The first-order valence-corrected chi connectivity index (χ1v) is 9.76. The number of carbonyl (C=O) groups is 1. The van der Waals surface area contributed by atoms with Gasteiger partial charge in [-0.25, -0.2) is 4.79 Å². The van der Waals surface area contributed by atoms with E-state index in [1.165, 1.54) is 16.8 Å². The molecule has 0 bridgehead atoms. The van der Waals surface area contributed by atoms with Crippen LogP contribution in [0.1, 0.15) is 52.2 Å². The molecule has 0 saturated carbocycles. The molecule has 0 saturated heterocycles. The highest BCUT2D eigenvalue weighted by molar-refractivity contribution is 5.67. The van der Waals surface area contributed by atoms with Gasteiger partial charge in [0.25, 0.3) is 0 Å². The van der Waals surface area contributed by atoms with Gasteiger partial charge in [0.1, 0.15) is 11.3 Å². The fourth-order valence-corrected chi connectivity index (χ4v) is 3.05. The molecule has 1 aromatic rings. The number of nitrogens with two attached hydrogens (primary N) is 1. The van der Waals surface area contributed by atoms with Crippen LogP contribution in [0.5, 0.6) is 0 Å². The fraction of sp³-hybridized carbons (Fsp3) is 0.435. The standard InChI is InChI=1S/C23H33N3O2/c1-22(2,3)28-21(27)26-16-18-7-8-20-19(15-18)23(4,5)12-9-17(10-13-24-6)11-14-25-20/h7-11,13-15,24-25H,12,16H2,1-6H3,(H,26,27)/p+1/b13-10+,14-11-,17-9-. The van der Waals surface area contributed by atoms with E-state index >= 15 is 0 Å². The van der Waals surface area contributed by atoms with Crippen molar-refractivity contribution in [3.63, 3.8) is 0 Å². The lowest BCUT2D eigenvalue weighted by Crippen LogP contribution is -2.71. The normalized spacial score (nSPS) is 19.4. The summed E-state index contributed by atoms with van der Waals surface area (Å²) in [4.78, 5) is 11.9. The predicted octanol–water partition coefficient (Wildman–Crippen LogP) is 3.76. The molecule has 5 nitrogen and oxygen atoms in total. The number of fused-ring (bicyclic) bond motifs is 1. The Bertz CT molecular complexity index is 784. The van der Waals surface area contributed by atoms with E-state index in [-0.39, 0.29) is 5.41 Å². The van der Waals surface area contributed by atoms with Crippen molar-refractivity contribution in [2.75, 3.05) is 7.05 Å². The van der Waals surface area contributed by atoms with Gasteiger partial charge in [-0.05, 0) is 68.2 Å². The summed E-state index contributed by atoms with van der Waals surface area (Å²) < 4.78 is 5.33. The van der Waals surface area contributed by atoms with Crippen molar-refractivity contribution in [2.45, 2.75) is 58.6 Å². The van der Waals surface area contributed by atoms with Gasteiger partial charge in [0, 0.05) is 25.2 Å². The Labute approximate surface area is 168 Å². The van der Waals surface area contributed by atoms with Crippen molar-refractivity contribution in [2.24, 2.45) is 0 Å². The average molecular weight is 385 g/mol. The van der Waals surface area contributed by atoms with Crippen molar-refractivity contribution < 1.29 is 14.8 Å². The first kappa shape index (κ1) is 21.8. The topological polar surface area (TPSA) is 67.0 Å². The van der Waals surface area contributed by atoms with Gasteiger partial charge in [0.2, 0.25) is 0 Å². The van der Waals surface area contributed by atoms with Gasteiger partial charge in [-0.1, -0.05) is 26.0 Å². The van der Waals surface area contributed by atoms with Crippen LogP contribution in [0.4, 0.5) is 10.5 Å². The molecule has 1 amide bonds. The lowest BCUT2D eigenvalue weighted by Gasteiger charge is -2.25. The van der Waals surface area contributed by atoms with Crippen LogP contribution in [0, 0.1) is 0 Å². The Kier molecular flexibility index (Phi) is 7.08. The number of ether oxygens (including phenoxy) is 1. The van der Waals surface area contributed by atoms with Gasteiger partial charge in [-0.3, -0.25) is 5.32 Å². The zero-order chi connectivity index (χ0) is 20.8. The van der Waals surface area contributed by atoms with Crippen LogP contribution >= 0.6 is 0 Å². The third-order valence-electron chi connectivity index (χ3n) is 4.54. The molecular formula is C23H34N3O2+. The molecule has 0 aromatic heterocycles. The Morgan fingerprint density at radius 1 is 1.32 bits per heavy atom. The summed E-state index contributed by atoms with van der Waals surface area (Å²) in [5, 5.41) is 8.03. The molecule has 4 N–H and O–H groups in total. The first-order chi connectivity index (χ1) is 13.1. The molecule has 5 heteroatoms. The summed E-state index contributed by atoms with van der Waals surface area (Å²) in [6.45, 7) is 10.5. The Balaban J connectivity index is 2.20. The first-order valence-electron chi connectivity index (χ1n) is 9.76. The smallest absolute Gasteiger partial charge is 0.407 e. The van der Waals surface area contributed by atoms with Gasteiger partial charge < -0.3 is 15.4 Å². The third kappa shape index (κ3) is 6.57. The second-order valence-corrected chi connectivity index (χ2v) is 8.72. The second kappa shape index (κ2) is 9.11. The summed E-state index contributed by atoms with van der Waals surface area (Å²) in [5.41, 5.74) is 4.19. The minimum absolute atomic E-state index is 0.0293. The van der Waals surface area contributed by atoms with Gasteiger partial charge in [0.15, 0.2) is 0 Å². The largest absolute Gasteiger partial charge is 0.444 e. The summed E-state index contributed by atoms with van der Waals surface area (Å²) in [6.07, 6.45) is 11.0. The minimum Gasteiger partial charge on any atom is -0.444 e. The number of hydrogen-bond donors (Lipinski definition) is 3. The molecule has 0 atom stereocenters. The molecule has 2 rings (SSSR count). The van der Waals surface area contributed by atoms with Crippen LogP contribution in [0.25, 0.3) is 0 Å². The molecule has 1 heterocycles. The van der Waals surface area contributed by atoms with E-state index in [0.29, 0.717) is 6.54 Å². The quantitative estimate of drug-likeness (QED) is 0.693. The van der Waals surface area contributed by atoms with E-state index in [0.717, 1.165) is 12.0 Å². The molecular weight excluding hydrogens is 350 g/mol. The van der Waals surface area contributed by atoms with Gasteiger partial charge in [-0.2, -0.15) is 0 Å². The van der Waals surface area contributed by atoms with E-state index in [1.54, 1.807) is 0 Å². The number of alkyl carbamates (subject to hydrolysis) is 1. The number of amides is 1. The SMILES string of the molecule is CN/C=C/C1=C/CC(C)(C)c2cc(CNC(=O)OC(C)(C)C)ccc2[NH2+]/C=C\1. The Morgan fingerprint density at radius 3 is 2.75 bits per heavy atom. The van der Waals surface area contributed by atoms with Crippen molar-refractivity contribution in [3.05, 3.63) is 65.5 Å². The zero-order valence-electron chi connectivity index (χ0n) is 17.9. The number of allylic oxidation sites excluding steroid dienone is 4. The van der Waals surface area contributed by atoms with Crippen LogP contribution in [-0.2, 0) is 16.7 Å². The highest BCUT2D eigenvalue weighted by atomic mass is 16.6. The number of carbonyl (C=O) groups excluding carboxylic acids is 1. The van der Waals surface area contributed by atoms with E-state index in [2.05, 4.69) is 72.4 Å². The summed E-state index contributed by atoms with van der Waals surface area (Å²) in [7, 11) is 1.90. The molecule has 152 valence electrons. The number of benzene rings is 1. The Hall–Kier alpha value is -2.53. The predicted molar refractivity (Wildman–Crippen MR) is 114 cm³/mol. The van der Waals surface area contributed by atoms with E-state index < -0.39 is 11.7 Å². The number of hydrogen-bond acceptors (Lipinski definition) is 3. The molecule has 1 aliphatic rings. The second-order valence-electron chi connectivity index (χ2n) is 8.72. The maximum atomic E-state index is 11.9. The van der Waals surface area contributed by atoms with Crippen LogP contribution in [-0.4, -0.2) is 18.7 Å². The van der Waals surface area contributed by atoms with E-state index in [9.17, 15) is 4.79 Å². The number of quaternary nitrogens is 1. The van der Waals surface area contributed by atoms with E-state index in [4.69, 9.17) is 4.74 Å². The zero-order valence-corrected chi connectivity index (χ0v) is 17.9. The van der Waals surface area contributed by atoms with Crippen LogP contribution in [0.15, 0.2) is 54.4 Å². The average Bonchev–Trinajstić information content (AvgIpc) is 2.66. The molecule has 0 aliphatic carbocycles. The minimum atomic E-state index is -0.497. The van der Waals surface area contributed by atoms with Crippen molar-refractivity contribution in [1.29, 1.82) is 0 Å². The fourth-order valence-electron chi connectivity index (χ4n) is 3.05. The summed E-state index contributed by atoms with van der Waals surface area (Å²) in [6, 6.07) is 6.38. The van der Waals surface area contributed by atoms with Crippen LogP contribution < -0.4 is 16.0 Å². The molecule has 0 radical (unpaired) electrons. The molecule has 0 fully saturated rings. The van der Waals surface area contributed by atoms with Crippen molar-refractivity contribution >= 4 is 11.8 Å². The third-order valence-corrected chi connectivity index (χ3v) is 4.54. The van der Waals surface area contributed by atoms with Crippen molar-refractivity contribution in [3.8, 4) is 0 Å². The molecule has 0 spiro atoms. The highest BCUT2D eigenvalue weighted by Crippen LogP contribution is 2.33. The lowest BCUT2D eigenvalue weighted by molar-refractivity contribution is -0.497.